The van der Waals surface area contributed by atoms with E-state index in [4.69, 9.17) is 4.98 Å². The first-order valence-electron chi connectivity index (χ1n) is 11.1. The van der Waals surface area contributed by atoms with Crippen molar-refractivity contribution < 1.29 is 8.78 Å². The second-order valence-corrected chi connectivity index (χ2v) is 8.93. The van der Waals surface area contributed by atoms with Crippen LogP contribution in [0.15, 0.2) is 48.8 Å². The van der Waals surface area contributed by atoms with E-state index < -0.39 is 17.0 Å². The van der Waals surface area contributed by atoms with E-state index >= 15 is 0 Å². The Bertz CT molecular complexity index is 1280. The summed E-state index contributed by atoms with van der Waals surface area (Å²) in [5.74, 6) is -0.419. The van der Waals surface area contributed by atoms with Crippen molar-refractivity contribution in [1.82, 2.24) is 30.4 Å². The van der Waals surface area contributed by atoms with Crippen molar-refractivity contribution in [3.05, 3.63) is 77.4 Å². The summed E-state index contributed by atoms with van der Waals surface area (Å²) in [6, 6.07) is 9.36. The number of halogens is 2. The monoisotopic (exact) mass is 446 g/mol. The number of rotatable bonds is 4. The predicted molar refractivity (Wildman–Crippen MR) is 120 cm³/mol. The second kappa shape index (κ2) is 8.10. The number of nitrogens with zero attached hydrogens (tertiary/aromatic N) is 5. The van der Waals surface area contributed by atoms with Crippen molar-refractivity contribution in [3.63, 3.8) is 0 Å². The lowest BCUT2D eigenvalue weighted by Gasteiger charge is -2.42. The molecule has 0 aliphatic heterocycles. The SMILES string of the molecule is CC(C)[C@]1(c2ccnc(-c3ccn[nH]3)n2)CC[C@H](C)c2cc(-c3c(F)cccc3F)nnc21. The fourth-order valence-corrected chi connectivity index (χ4v) is 4.94. The highest BCUT2D eigenvalue weighted by Gasteiger charge is 2.46. The summed E-state index contributed by atoms with van der Waals surface area (Å²) in [5, 5.41) is 15.8. The van der Waals surface area contributed by atoms with Crippen LogP contribution in [0.3, 0.4) is 0 Å². The predicted octanol–water partition coefficient (Wildman–Crippen LogP) is 5.44. The van der Waals surface area contributed by atoms with Crippen molar-refractivity contribution in [1.29, 1.82) is 0 Å². The second-order valence-electron chi connectivity index (χ2n) is 8.93. The van der Waals surface area contributed by atoms with Gasteiger partial charge in [-0.3, -0.25) is 5.10 Å². The molecule has 6 nitrogen and oxygen atoms in total. The van der Waals surface area contributed by atoms with Crippen LogP contribution in [0.4, 0.5) is 8.78 Å². The van der Waals surface area contributed by atoms with E-state index in [1.54, 1.807) is 18.5 Å². The quantitative estimate of drug-likeness (QED) is 0.451. The third-order valence-electron chi connectivity index (χ3n) is 6.81. The summed E-state index contributed by atoms with van der Waals surface area (Å²) >= 11 is 0. The molecule has 3 aromatic heterocycles. The maximum Gasteiger partial charge on any atom is 0.177 e. The zero-order valence-electron chi connectivity index (χ0n) is 18.7. The van der Waals surface area contributed by atoms with Gasteiger partial charge in [0.05, 0.1) is 28.1 Å². The van der Waals surface area contributed by atoms with E-state index in [0.29, 0.717) is 5.82 Å². The summed E-state index contributed by atoms with van der Waals surface area (Å²) in [5.41, 5.74) is 2.90. The molecule has 0 saturated carbocycles. The van der Waals surface area contributed by atoms with Crippen LogP contribution in [-0.2, 0) is 5.41 Å². The Balaban J connectivity index is 1.70. The van der Waals surface area contributed by atoms with Crippen LogP contribution in [0, 0.1) is 17.6 Å². The fraction of sp³-hybridized carbons (Fsp3) is 0.320. The summed E-state index contributed by atoms with van der Waals surface area (Å²) in [6.07, 6.45) is 5.13. The molecule has 0 bridgehead atoms. The van der Waals surface area contributed by atoms with Gasteiger partial charge >= 0.3 is 0 Å². The molecule has 0 amide bonds. The highest BCUT2D eigenvalue weighted by molar-refractivity contribution is 5.62. The van der Waals surface area contributed by atoms with Crippen molar-refractivity contribution in [2.24, 2.45) is 5.92 Å². The van der Waals surface area contributed by atoms with Gasteiger partial charge in [-0.1, -0.05) is 26.8 Å². The maximum absolute atomic E-state index is 14.5. The van der Waals surface area contributed by atoms with Gasteiger partial charge in [0, 0.05) is 12.4 Å². The molecular weight excluding hydrogens is 422 g/mol. The van der Waals surface area contributed by atoms with Gasteiger partial charge in [0.2, 0.25) is 0 Å². The average Bonchev–Trinajstić information content (AvgIpc) is 3.35. The number of fused-ring (bicyclic) bond motifs is 1. The third kappa shape index (κ3) is 3.41. The van der Waals surface area contributed by atoms with E-state index in [1.807, 2.05) is 12.1 Å². The smallest absolute Gasteiger partial charge is 0.177 e. The van der Waals surface area contributed by atoms with Crippen LogP contribution >= 0.6 is 0 Å². The molecule has 2 atom stereocenters. The highest BCUT2D eigenvalue weighted by Crippen LogP contribution is 2.50. The van der Waals surface area contributed by atoms with E-state index in [9.17, 15) is 8.78 Å². The normalized spacial score (nSPS) is 20.1. The minimum atomic E-state index is -0.650. The molecule has 0 unspecified atom stereocenters. The lowest BCUT2D eigenvalue weighted by Crippen LogP contribution is -2.40. The Labute approximate surface area is 190 Å². The number of benzene rings is 1. The van der Waals surface area contributed by atoms with Gasteiger partial charge in [-0.2, -0.15) is 10.2 Å². The molecule has 0 fully saturated rings. The van der Waals surface area contributed by atoms with Crippen molar-refractivity contribution in [2.45, 2.75) is 44.9 Å². The van der Waals surface area contributed by atoms with Crippen LogP contribution in [0.1, 0.15) is 56.5 Å². The van der Waals surface area contributed by atoms with Gasteiger partial charge < -0.3 is 0 Å². The van der Waals surface area contributed by atoms with Gasteiger partial charge in [-0.05, 0) is 60.6 Å². The molecule has 8 heteroatoms. The Morgan fingerprint density at radius 1 is 1.06 bits per heavy atom. The first-order chi connectivity index (χ1) is 15.9. The summed E-state index contributed by atoms with van der Waals surface area (Å²) in [4.78, 5) is 9.30. The zero-order valence-corrected chi connectivity index (χ0v) is 18.7. The van der Waals surface area contributed by atoms with E-state index in [-0.39, 0.29) is 23.1 Å². The molecule has 5 rings (SSSR count). The minimum Gasteiger partial charge on any atom is -0.275 e. The number of aromatic amines is 1. The van der Waals surface area contributed by atoms with Crippen LogP contribution in [0.25, 0.3) is 22.8 Å². The first kappa shape index (κ1) is 21.3. The summed E-state index contributed by atoms with van der Waals surface area (Å²) < 4.78 is 28.9. The molecule has 4 aromatic rings. The number of H-pyrrole nitrogens is 1. The molecule has 168 valence electrons. The Morgan fingerprint density at radius 3 is 2.55 bits per heavy atom. The maximum atomic E-state index is 14.5. The van der Waals surface area contributed by atoms with Crippen LogP contribution in [0.5, 0.6) is 0 Å². The highest BCUT2D eigenvalue weighted by atomic mass is 19.1. The van der Waals surface area contributed by atoms with Crippen LogP contribution < -0.4 is 0 Å². The van der Waals surface area contributed by atoms with Crippen LogP contribution in [0.2, 0.25) is 0 Å². The Morgan fingerprint density at radius 2 is 1.85 bits per heavy atom. The topological polar surface area (TPSA) is 80.2 Å². The lowest BCUT2D eigenvalue weighted by molar-refractivity contribution is 0.286. The van der Waals surface area contributed by atoms with Crippen molar-refractivity contribution >= 4 is 0 Å². The van der Waals surface area contributed by atoms with E-state index in [2.05, 4.69) is 46.1 Å². The minimum absolute atomic E-state index is 0.149. The van der Waals surface area contributed by atoms with Crippen LogP contribution in [-0.4, -0.2) is 30.4 Å². The summed E-state index contributed by atoms with van der Waals surface area (Å²) in [6.45, 7) is 6.40. The molecular formula is C25H24F2N6. The largest absolute Gasteiger partial charge is 0.275 e. The zero-order chi connectivity index (χ0) is 23.2. The van der Waals surface area contributed by atoms with Gasteiger partial charge in [-0.25, -0.2) is 18.7 Å². The number of nitrogens with one attached hydrogen (secondary N) is 1. The molecule has 0 radical (unpaired) electrons. The first-order valence-corrected chi connectivity index (χ1v) is 11.1. The molecule has 1 N–H and O–H groups in total. The van der Waals surface area contributed by atoms with Crippen molar-refractivity contribution in [2.75, 3.05) is 0 Å². The molecule has 33 heavy (non-hydrogen) atoms. The van der Waals surface area contributed by atoms with Gasteiger partial charge in [0.1, 0.15) is 17.3 Å². The number of hydrogen-bond acceptors (Lipinski definition) is 5. The molecule has 0 spiro atoms. The van der Waals surface area contributed by atoms with Crippen molar-refractivity contribution in [3.8, 4) is 22.8 Å². The molecule has 1 aromatic carbocycles. The molecule has 0 saturated heterocycles. The molecule has 3 heterocycles. The lowest BCUT2D eigenvalue weighted by atomic mass is 9.62. The van der Waals surface area contributed by atoms with Gasteiger partial charge in [0.15, 0.2) is 5.82 Å². The number of hydrogen-bond donors (Lipinski definition) is 1. The molecule has 1 aliphatic carbocycles. The molecule has 1 aliphatic rings. The van der Waals surface area contributed by atoms with E-state index in [0.717, 1.165) is 35.5 Å². The Kier molecular flexibility index (Phi) is 5.23. The van der Waals surface area contributed by atoms with E-state index in [1.165, 1.54) is 18.2 Å². The van der Waals surface area contributed by atoms with Gasteiger partial charge in [-0.15, -0.1) is 5.10 Å². The number of aromatic nitrogens is 6. The standard InChI is InChI=1S/C25H24F2N6/c1-14(2)25(21-9-11-28-24(30-21)19-8-12-29-31-19)10-7-15(3)16-13-20(32-33-23(16)25)22-17(26)5-4-6-18(22)27/h4-6,8-9,11-15H,7,10H2,1-3H3,(H,29,31)/t15-,25-/m0/s1. The average molecular weight is 447 g/mol. The third-order valence-corrected chi connectivity index (χ3v) is 6.81. The Hall–Kier alpha value is -3.55. The van der Waals surface area contributed by atoms with Gasteiger partial charge in [0.25, 0.3) is 0 Å². The summed E-state index contributed by atoms with van der Waals surface area (Å²) in [7, 11) is 0. The fourth-order valence-electron chi connectivity index (χ4n) is 4.94.